The van der Waals surface area contributed by atoms with Gasteiger partial charge in [0.1, 0.15) is 11.6 Å². The molecule has 0 aromatic heterocycles. The molecule has 0 bridgehead atoms. The third-order valence-corrected chi connectivity index (χ3v) is 3.05. The van der Waals surface area contributed by atoms with Crippen LogP contribution in [-0.2, 0) is 0 Å². The highest BCUT2D eigenvalue weighted by Crippen LogP contribution is 2.23. The monoisotopic (exact) mass is 265 g/mol. The van der Waals surface area contributed by atoms with Crippen LogP contribution in [0.25, 0.3) is 0 Å². The Balaban J connectivity index is 1.94. The molecule has 0 aliphatic carbocycles. The number of hydrogen-bond donors (Lipinski definition) is 1. The van der Waals surface area contributed by atoms with Crippen molar-refractivity contribution < 1.29 is 4.74 Å². The number of ether oxygens (including phenoxy) is 1. The molecule has 4 heteroatoms. The summed E-state index contributed by atoms with van der Waals surface area (Å²) in [5, 5.41) is 0. The van der Waals surface area contributed by atoms with Gasteiger partial charge in [0.15, 0.2) is 5.84 Å². The Kier molecular flexibility index (Phi) is 3.21. The zero-order chi connectivity index (χ0) is 13.9. The first kappa shape index (κ1) is 12.4. The number of rotatable bonds is 3. The van der Waals surface area contributed by atoms with Crippen molar-refractivity contribution in [1.29, 1.82) is 0 Å². The Hall–Kier alpha value is -2.62. The first-order valence-electron chi connectivity index (χ1n) is 6.53. The van der Waals surface area contributed by atoms with Crippen molar-refractivity contribution in [3.8, 4) is 5.75 Å². The fraction of sp³-hybridized carbons (Fsp3) is 0.125. The molecule has 1 aliphatic rings. The van der Waals surface area contributed by atoms with E-state index in [1.54, 1.807) is 0 Å². The van der Waals surface area contributed by atoms with E-state index in [1.807, 2.05) is 55.5 Å². The Morgan fingerprint density at radius 3 is 2.45 bits per heavy atom. The van der Waals surface area contributed by atoms with E-state index in [0.717, 1.165) is 22.6 Å². The van der Waals surface area contributed by atoms with Gasteiger partial charge in [-0.2, -0.15) is 0 Å². The molecule has 0 spiro atoms. The number of nitrogens with two attached hydrogens (primary N) is 1. The Morgan fingerprint density at radius 2 is 1.75 bits per heavy atom. The largest absolute Gasteiger partial charge is 0.494 e. The van der Waals surface area contributed by atoms with E-state index in [9.17, 15) is 0 Å². The third kappa shape index (κ3) is 2.28. The van der Waals surface area contributed by atoms with Crippen molar-refractivity contribution in [3.63, 3.8) is 0 Å². The van der Waals surface area contributed by atoms with Crippen LogP contribution in [0.4, 0.5) is 5.69 Å². The highest BCUT2D eigenvalue weighted by atomic mass is 16.5. The number of hydrogen-bond acceptors (Lipinski definition) is 3. The lowest BCUT2D eigenvalue weighted by Gasteiger charge is -2.03. The van der Waals surface area contributed by atoms with E-state index in [1.165, 1.54) is 0 Å². The SMILES string of the molecule is CCOc1ccc(N=C2N=C(N)c3ccccc32)cc1. The molecular weight excluding hydrogens is 250 g/mol. The van der Waals surface area contributed by atoms with E-state index < -0.39 is 0 Å². The van der Waals surface area contributed by atoms with Gasteiger partial charge in [-0.25, -0.2) is 9.98 Å². The lowest BCUT2D eigenvalue weighted by Crippen LogP contribution is -2.09. The van der Waals surface area contributed by atoms with Crippen LogP contribution in [0.15, 0.2) is 58.5 Å². The predicted octanol–water partition coefficient (Wildman–Crippen LogP) is 2.88. The number of amidine groups is 2. The second-order valence-corrected chi connectivity index (χ2v) is 4.40. The van der Waals surface area contributed by atoms with E-state index >= 15 is 0 Å². The molecule has 0 saturated heterocycles. The third-order valence-electron chi connectivity index (χ3n) is 3.05. The van der Waals surface area contributed by atoms with Gasteiger partial charge in [0, 0.05) is 11.1 Å². The Labute approximate surface area is 117 Å². The van der Waals surface area contributed by atoms with Crippen molar-refractivity contribution >= 4 is 17.4 Å². The second-order valence-electron chi connectivity index (χ2n) is 4.40. The normalized spacial score (nSPS) is 15.1. The highest BCUT2D eigenvalue weighted by molar-refractivity contribution is 6.22. The van der Waals surface area contributed by atoms with E-state index in [4.69, 9.17) is 10.5 Å². The molecule has 4 nitrogen and oxygen atoms in total. The molecule has 100 valence electrons. The van der Waals surface area contributed by atoms with Crippen LogP contribution >= 0.6 is 0 Å². The molecule has 0 radical (unpaired) electrons. The number of fused-ring (bicyclic) bond motifs is 1. The molecule has 0 unspecified atom stereocenters. The molecule has 2 N–H and O–H groups in total. The fourth-order valence-electron chi connectivity index (χ4n) is 2.13. The molecule has 20 heavy (non-hydrogen) atoms. The van der Waals surface area contributed by atoms with Crippen LogP contribution in [0.2, 0.25) is 0 Å². The summed E-state index contributed by atoms with van der Waals surface area (Å²) in [6.45, 7) is 2.61. The van der Waals surface area contributed by atoms with Crippen LogP contribution in [0.5, 0.6) is 5.75 Å². The fourth-order valence-corrected chi connectivity index (χ4v) is 2.13. The topological polar surface area (TPSA) is 60.0 Å². The maximum absolute atomic E-state index is 5.90. The summed E-state index contributed by atoms with van der Waals surface area (Å²) >= 11 is 0. The summed E-state index contributed by atoms with van der Waals surface area (Å²) < 4.78 is 5.41. The van der Waals surface area contributed by atoms with Crippen molar-refractivity contribution in [1.82, 2.24) is 0 Å². The highest BCUT2D eigenvalue weighted by Gasteiger charge is 2.18. The zero-order valence-corrected chi connectivity index (χ0v) is 11.2. The summed E-state index contributed by atoms with van der Waals surface area (Å²) in [7, 11) is 0. The van der Waals surface area contributed by atoms with Crippen molar-refractivity contribution in [2.75, 3.05) is 6.61 Å². The van der Waals surface area contributed by atoms with Gasteiger partial charge in [0.05, 0.1) is 12.3 Å². The molecule has 1 heterocycles. The zero-order valence-electron chi connectivity index (χ0n) is 11.2. The second kappa shape index (κ2) is 5.17. The van der Waals surface area contributed by atoms with Crippen molar-refractivity contribution in [3.05, 3.63) is 59.7 Å². The molecule has 2 aromatic rings. The minimum atomic E-state index is 0.519. The quantitative estimate of drug-likeness (QED) is 0.927. The summed E-state index contributed by atoms with van der Waals surface area (Å²) in [5.41, 5.74) is 8.65. The lowest BCUT2D eigenvalue weighted by molar-refractivity contribution is 0.340. The Morgan fingerprint density at radius 1 is 1.05 bits per heavy atom. The van der Waals surface area contributed by atoms with Gasteiger partial charge in [-0.05, 0) is 31.2 Å². The smallest absolute Gasteiger partial charge is 0.162 e. The van der Waals surface area contributed by atoms with E-state index in [2.05, 4.69) is 9.98 Å². The van der Waals surface area contributed by atoms with E-state index in [0.29, 0.717) is 18.3 Å². The van der Waals surface area contributed by atoms with Gasteiger partial charge >= 0.3 is 0 Å². The summed E-state index contributed by atoms with van der Waals surface area (Å²) in [6, 6.07) is 15.4. The maximum atomic E-state index is 5.90. The van der Waals surface area contributed by atoms with Crippen LogP contribution in [0.3, 0.4) is 0 Å². The van der Waals surface area contributed by atoms with Gasteiger partial charge in [-0.3, -0.25) is 0 Å². The minimum absolute atomic E-state index is 0.519. The average molecular weight is 265 g/mol. The first-order chi connectivity index (χ1) is 9.78. The summed E-state index contributed by atoms with van der Waals surface area (Å²) in [6.07, 6.45) is 0. The van der Waals surface area contributed by atoms with Gasteiger partial charge < -0.3 is 10.5 Å². The molecule has 1 aliphatic heterocycles. The number of nitrogens with zero attached hydrogens (tertiary/aromatic N) is 2. The Bertz CT molecular complexity index is 687. The van der Waals surface area contributed by atoms with Gasteiger partial charge in [-0.1, -0.05) is 24.3 Å². The van der Waals surface area contributed by atoms with Crippen LogP contribution < -0.4 is 10.5 Å². The average Bonchev–Trinajstić information content (AvgIpc) is 2.79. The maximum Gasteiger partial charge on any atom is 0.162 e. The van der Waals surface area contributed by atoms with E-state index in [-0.39, 0.29) is 0 Å². The standard InChI is InChI=1S/C16H15N3O/c1-2-20-12-9-7-11(8-10-12)18-16-14-6-4-3-5-13(14)15(17)19-16/h3-10H,2H2,1H3,(H2,17,18,19). The molecule has 0 atom stereocenters. The minimum Gasteiger partial charge on any atom is -0.494 e. The molecule has 0 fully saturated rings. The molecule has 2 aromatic carbocycles. The molecule has 0 saturated carbocycles. The first-order valence-corrected chi connectivity index (χ1v) is 6.53. The predicted molar refractivity (Wildman–Crippen MR) is 81.0 cm³/mol. The molecule has 3 rings (SSSR count). The van der Waals surface area contributed by atoms with Crippen LogP contribution in [-0.4, -0.2) is 18.3 Å². The van der Waals surface area contributed by atoms with Crippen molar-refractivity contribution in [2.24, 2.45) is 15.7 Å². The summed E-state index contributed by atoms with van der Waals surface area (Å²) in [5.74, 6) is 2.01. The van der Waals surface area contributed by atoms with Gasteiger partial charge in [0.25, 0.3) is 0 Å². The molecular formula is C16H15N3O. The lowest BCUT2D eigenvalue weighted by atomic mass is 10.1. The summed E-state index contributed by atoms with van der Waals surface area (Å²) in [4.78, 5) is 8.87. The van der Waals surface area contributed by atoms with Gasteiger partial charge in [0.2, 0.25) is 0 Å². The molecule has 0 amide bonds. The number of aliphatic imine (C=N–C) groups is 2. The van der Waals surface area contributed by atoms with Gasteiger partial charge in [-0.15, -0.1) is 0 Å². The van der Waals surface area contributed by atoms with Crippen LogP contribution in [0.1, 0.15) is 18.1 Å². The van der Waals surface area contributed by atoms with Crippen molar-refractivity contribution in [2.45, 2.75) is 6.92 Å². The number of benzene rings is 2. The van der Waals surface area contributed by atoms with Crippen LogP contribution in [0, 0.1) is 0 Å².